The van der Waals surface area contributed by atoms with Gasteiger partial charge in [-0.05, 0) is 56.6 Å². The molecule has 1 atom stereocenters. The summed E-state index contributed by atoms with van der Waals surface area (Å²) in [7, 11) is 0. The number of carbonyl (C=O) groups is 1. The zero-order chi connectivity index (χ0) is 27.1. The van der Waals surface area contributed by atoms with E-state index in [0.29, 0.717) is 36.2 Å². The molecule has 1 saturated heterocycles. The second kappa shape index (κ2) is 10.2. The Morgan fingerprint density at radius 3 is 2.64 bits per heavy atom. The van der Waals surface area contributed by atoms with Crippen molar-refractivity contribution in [1.29, 1.82) is 0 Å². The molecule has 0 bridgehead atoms. The Hall–Kier alpha value is -3.59. The van der Waals surface area contributed by atoms with Gasteiger partial charge in [-0.2, -0.15) is 0 Å². The lowest BCUT2D eigenvalue weighted by atomic mass is 9.86. The quantitative estimate of drug-likeness (QED) is 0.288. The number of pyridine rings is 1. The molecule has 0 spiro atoms. The fourth-order valence-corrected chi connectivity index (χ4v) is 6.33. The largest absolute Gasteiger partial charge is 0.419 e. The Morgan fingerprint density at radius 1 is 1.13 bits per heavy atom. The minimum atomic E-state index is -0.406. The number of likely N-dealkylation sites (tertiary alicyclic amines) is 1. The van der Waals surface area contributed by atoms with Gasteiger partial charge in [0.2, 0.25) is 5.89 Å². The van der Waals surface area contributed by atoms with E-state index in [2.05, 4.69) is 41.2 Å². The average molecular weight is 544 g/mol. The highest BCUT2D eigenvalue weighted by atomic mass is 32.1. The van der Waals surface area contributed by atoms with Crippen LogP contribution in [0.4, 0.5) is 0 Å². The smallest absolute Gasteiger partial charge is 0.264 e. The van der Waals surface area contributed by atoms with Gasteiger partial charge in [-0.25, -0.2) is 4.98 Å². The Labute approximate surface area is 231 Å². The third kappa shape index (κ3) is 5.32. The van der Waals surface area contributed by atoms with Gasteiger partial charge in [-0.1, -0.05) is 44.2 Å². The number of aromatic nitrogens is 4. The Balaban J connectivity index is 1.34. The number of rotatable bonds is 8. The van der Waals surface area contributed by atoms with E-state index in [1.165, 1.54) is 11.6 Å². The van der Waals surface area contributed by atoms with Gasteiger partial charge in [0.15, 0.2) is 0 Å². The van der Waals surface area contributed by atoms with E-state index in [-0.39, 0.29) is 23.4 Å². The molecule has 1 amide bonds. The normalized spacial score (nSPS) is 17.6. The van der Waals surface area contributed by atoms with Crippen molar-refractivity contribution in [3.05, 3.63) is 85.9 Å². The molecule has 4 aromatic rings. The van der Waals surface area contributed by atoms with Crippen LogP contribution in [-0.4, -0.2) is 37.1 Å². The lowest BCUT2D eigenvalue weighted by Crippen LogP contribution is -2.32. The summed E-state index contributed by atoms with van der Waals surface area (Å²) < 4.78 is 7.94. The van der Waals surface area contributed by atoms with E-state index in [0.717, 1.165) is 42.8 Å². The summed E-state index contributed by atoms with van der Waals surface area (Å²) in [6, 6.07) is 13.4. The predicted molar refractivity (Wildman–Crippen MR) is 150 cm³/mol. The van der Waals surface area contributed by atoms with Crippen LogP contribution in [-0.2, 0) is 18.4 Å². The number of thiazole rings is 1. The number of carbonyl (C=O) groups excluding carboxylic acids is 1. The molecule has 1 aromatic carbocycles. The standard InChI is InChI=1S/C30H33N5O3S/c1-19-18-39-27(31-19)23-10-7-13-34(23)28(37)22-14-24(35(25(36)15-22)17-21-11-12-21)26-32-33-29(38-26)30(2,3)16-20-8-5-4-6-9-20/h4-6,8-9,14-15,18,21,23H,7,10-13,16-17H2,1-3H3. The molecule has 39 heavy (non-hydrogen) atoms. The second-order valence-corrected chi connectivity index (χ2v) is 12.4. The molecule has 8 nitrogen and oxygen atoms in total. The zero-order valence-electron chi connectivity index (χ0n) is 22.6. The number of benzene rings is 1. The van der Waals surface area contributed by atoms with Crippen LogP contribution in [0.3, 0.4) is 0 Å². The third-order valence-electron chi connectivity index (χ3n) is 7.66. The van der Waals surface area contributed by atoms with Crippen LogP contribution in [0.2, 0.25) is 0 Å². The molecule has 0 radical (unpaired) electrons. The van der Waals surface area contributed by atoms with Crippen LogP contribution >= 0.6 is 11.3 Å². The summed E-state index contributed by atoms with van der Waals surface area (Å²) in [5.41, 5.74) is 2.37. The van der Waals surface area contributed by atoms with E-state index in [1.54, 1.807) is 22.0 Å². The molecule has 1 unspecified atom stereocenters. The monoisotopic (exact) mass is 543 g/mol. The summed E-state index contributed by atoms with van der Waals surface area (Å²) in [4.78, 5) is 33.7. The van der Waals surface area contributed by atoms with Gasteiger partial charge in [0.05, 0.1) is 6.04 Å². The first-order chi connectivity index (χ1) is 18.8. The van der Waals surface area contributed by atoms with Crippen LogP contribution in [0, 0.1) is 12.8 Å². The van der Waals surface area contributed by atoms with E-state index in [4.69, 9.17) is 4.42 Å². The van der Waals surface area contributed by atoms with E-state index >= 15 is 0 Å². The van der Waals surface area contributed by atoms with Crippen molar-refractivity contribution in [2.75, 3.05) is 6.54 Å². The van der Waals surface area contributed by atoms with Crippen molar-refractivity contribution in [3.8, 4) is 11.6 Å². The maximum Gasteiger partial charge on any atom is 0.264 e. The maximum absolute atomic E-state index is 13.8. The molecule has 1 aliphatic carbocycles. The van der Waals surface area contributed by atoms with Gasteiger partial charge >= 0.3 is 0 Å². The predicted octanol–water partition coefficient (Wildman–Crippen LogP) is 5.57. The molecule has 2 aliphatic rings. The topological polar surface area (TPSA) is 94.1 Å². The fraction of sp³-hybridized carbons (Fsp3) is 0.433. The molecule has 9 heteroatoms. The SMILES string of the molecule is Cc1csc(C2CCCN2C(=O)c2cc(-c3nnc(C(C)(C)Cc4ccccc4)o3)n(CC3CC3)c(=O)c2)n1. The van der Waals surface area contributed by atoms with Crippen LogP contribution in [0.5, 0.6) is 0 Å². The van der Waals surface area contributed by atoms with Gasteiger partial charge in [0.1, 0.15) is 10.7 Å². The van der Waals surface area contributed by atoms with Crippen molar-refractivity contribution in [1.82, 2.24) is 24.6 Å². The number of hydrogen-bond acceptors (Lipinski definition) is 7. The van der Waals surface area contributed by atoms with Gasteiger partial charge in [0, 0.05) is 41.2 Å². The number of nitrogens with zero attached hydrogens (tertiary/aromatic N) is 5. The van der Waals surface area contributed by atoms with Crippen LogP contribution < -0.4 is 5.56 Å². The first kappa shape index (κ1) is 25.7. The minimum absolute atomic E-state index is 0.0673. The Bertz CT molecular complexity index is 1550. The summed E-state index contributed by atoms with van der Waals surface area (Å²) in [6.07, 6.45) is 4.69. The summed E-state index contributed by atoms with van der Waals surface area (Å²) >= 11 is 1.58. The van der Waals surface area contributed by atoms with E-state index in [1.807, 2.05) is 35.4 Å². The maximum atomic E-state index is 13.8. The van der Waals surface area contributed by atoms with Gasteiger partial charge < -0.3 is 13.9 Å². The van der Waals surface area contributed by atoms with E-state index in [9.17, 15) is 9.59 Å². The highest BCUT2D eigenvalue weighted by Gasteiger charge is 2.34. The molecule has 6 rings (SSSR count). The molecular formula is C30H33N5O3S. The van der Waals surface area contributed by atoms with Gasteiger partial charge in [-0.3, -0.25) is 9.59 Å². The van der Waals surface area contributed by atoms with Gasteiger partial charge in [0.25, 0.3) is 17.4 Å². The highest BCUT2D eigenvalue weighted by molar-refractivity contribution is 7.09. The van der Waals surface area contributed by atoms with E-state index < -0.39 is 5.41 Å². The molecule has 2 fully saturated rings. The summed E-state index contributed by atoms with van der Waals surface area (Å²) in [5.74, 6) is 1.07. The van der Waals surface area contributed by atoms with Crippen molar-refractivity contribution in [3.63, 3.8) is 0 Å². The molecule has 4 heterocycles. The molecule has 1 saturated carbocycles. The van der Waals surface area contributed by atoms with Crippen molar-refractivity contribution in [2.45, 2.75) is 70.9 Å². The highest BCUT2D eigenvalue weighted by Crippen LogP contribution is 2.36. The molecule has 3 aromatic heterocycles. The lowest BCUT2D eigenvalue weighted by Gasteiger charge is -2.23. The molecule has 1 aliphatic heterocycles. The first-order valence-corrected chi connectivity index (χ1v) is 14.5. The molecular weight excluding hydrogens is 510 g/mol. The van der Waals surface area contributed by atoms with Crippen molar-refractivity contribution in [2.24, 2.45) is 5.92 Å². The van der Waals surface area contributed by atoms with Gasteiger partial charge in [-0.15, -0.1) is 21.5 Å². The Kier molecular flexibility index (Phi) is 6.71. The second-order valence-electron chi connectivity index (χ2n) is 11.5. The van der Waals surface area contributed by atoms with Crippen molar-refractivity contribution >= 4 is 17.2 Å². The van der Waals surface area contributed by atoms with Crippen LogP contribution in [0.25, 0.3) is 11.6 Å². The molecule has 0 N–H and O–H groups in total. The van der Waals surface area contributed by atoms with Crippen molar-refractivity contribution < 1.29 is 9.21 Å². The third-order valence-corrected chi connectivity index (χ3v) is 8.72. The lowest BCUT2D eigenvalue weighted by molar-refractivity contribution is 0.0735. The first-order valence-electron chi connectivity index (χ1n) is 13.6. The molecule has 202 valence electrons. The average Bonchev–Trinajstić information content (AvgIpc) is 3.29. The minimum Gasteiger partial charge on any atom is -0.419 e. The number of amides is 1. The Morgan fingerprint density at radius 2 is 1.92 bits per heavy atom. The number of aryl methyl sites for hydroxylation is 1. The fourth-order valence-electron chi connectivity index (χ4n) is 5.38. The van der Waals surface area contributed by atoms with Crippen LogP contribution in [0.15, 0.2) is 57.1 Å². The number of hydrogen-bond donors (Lipinski definition) is 0. The van der Waals surface area contributed by atoms with Crippen LogP contribution in [0.1, 0.15) is 78.1 Å². The summed E-state index contributed by atoms with van der Waals surface area (Å²) in [6.45, 7) is 7.33. The zero-order valence-corrected chi connectivity index (χ0v) is 23.4. The summed E-state index contributed by atoms with van der Waals surface area (Å²) in [5, 5.41) is 11.7.